The molecular formula is C11H12N2O. The molecule has 0 aliphatic rings. The normalized spacial score (nSPS) is 10.8. The van der Waals surface area contributed by atoms with Crippen LogP contribution in [0.3, 0.4) is 0 Å². The van der Waals surface area contributed by atoms with Crippen LogP contribution in [0, 0.1) is 13.8 Å². The molecular weight excluding hydrogens is 176 g/mol. The van der Waals surface area contributed by atoms with Crippen LogP contribution in [-0.4, -0.2) is 15.8 Å². The summed E-state index contributed by atoms with van der Waals surface area (Å²) in [6.07, 6.45) is 0. The van der Waals surface area contributed by atoms with Crippen molar-refractivity contribution in [2.45, 2.75) is 20.8 Å². The number of hydrogen-bond donors (Lipinski definition) is 1. The molecule has 0 radical (unpaired) electrons. The van der Waals surface area contributed by atoms with Crippen molar-refractivity contribution < 1.29 is 4.79 Å². The van der Waals surface area contributed by atoms with Crippen molar-refractivity contribution in [2.24, 2.45) is 0 Å². The van der Waals surface area contributed by atoms with Crippen LogP contribution in [0.4, 0.5) is 0 Å². The third-order valence-electron chi connectivity index (χ3n) is 2.30. The van der Waals surface area contributed by atoms with Gasteiger partial charge in [-0.3, -0.25) is 4.79 Å². The van der Waals surface area contributed by atoms with E-state index in [-0.39, 0.29) is 5.78 Å². The topological polar surface area (TPSA) is 45.8 Å². The highest BCUT2D eigenvalue weighted by molar-refractivity contribution is 5.98. The predicted molar refractivity (Wildman–Crippen MR) is 55.6 cm³/mol. The molecule has 14 heavy (non-hydrogen) atoms. The summed E-state index contributed by atoms with van der Waals surface area (Å²) in [5, 5.41) is 0. The van der Waals surface area contributed by atoms with Gasteiger partial charge in [0.1, 0.15) is 5.82 Å². The number of ketones is 1. The number of rotatable bonds is 1. The second-order valence-electron chi connectivity index (χ2n) is 3.57. The highest BCUT2D eigenvalue weighted by Crippen LogP contribution is 2.18. The summed E-state index contributed by atoms with van der Waals surface area (Å²) in [5.41, 5.74) is 3.66. The summed E-state index contributed by atoms with van der Waals surface area (Å²) in [4.78, 5) is 18.7. The van der Waals surface area contributed by atoms with Crippen molar-refractivity contribution in [3.8, 4) is 0 Å². The standard InChI is InChI=1S/C11H12N2O/c1-6-4-9(7(2)14)5-10-11(6)13-8(3)12-10/h4-5H,1-3H3,(H,12,13). The van der Waals surface area contributed by atoms with Crippen molar-refractivity contribution in [1.82, 2.24) is 9.97 Å². The fraction of sp³-hybridized carbons (Fsp3) is 0.273. The molecule has 1 aromatic carbocycles. The summed E-state index contributed by atoms with van der Waals surface area (Å²) < 4.78 is 0. The van der Waals surface area contributed by atoms with Crippen molar-refractivity contribution in [1.29, 1.82) is 0 Å². The number of benzene rings is 1. The number of aromatic amines is 1. The van der Waals surface area contributed by atoms with Crippen LogP contribution in [0.25, 0.3) is 11.0 Å². The number of imidazole rings is 1. The second-order valence-corrected chi connectivity index (χ2v) is 3.57. The quantitative estimate of drug-likeness (QED) is 0.698. The lowest BCUT2D eigenvalue weighted by atomic mass is 10.1. The van der Waals surface area contributed by atoms with Gasteiger partial charge in [-0.15, -0.1) is 0 Å². The van der Waals surface area contributed by atoms with E-state index in [9.17, 15) is 4.79 Å². The Morgan fingerprint density at radius 3 is 2.71 bits per heavy atom. The Balaban J connectivity index is 2.77. The minimum atomic E-state index is 0.0854. The number of carbonyl (C=O) groups excluding carboxylic acids is 1. The van der Waals surface area contributed by atoms with Crippen LogP contribution < -0.4 is 0 Å². The molecule has 0 bridgehead atoms. The average Bonchev–Trinajstić information content (AvgIpc) is 2.45. The van der Waals surface area contributed by atoms with Crippen LogP contribution in [-0.2, 0) is 0 Å². The van der Waals surface area contributed by atoms with E-state index in [1.54, 1.807) is 6.92 Å². The van der Waals surface area contributed by atoms with E-state index < -0.39 is 0 Å². The fourth-order valence-corrected chi connectivity index (χ4v) is 1.62. The first kappa shape index (κ1) is 8.94. The first-order chi connectivity index (χ1) is 6.58. The maximum atomic E-state index is 11.2. The molecule has 72 valence electrons. The van der Waals surface area contributed by atoms with E-state index in [1.165, 1.54) is 0 Å². The van der Waals surface area contributed by atoms with Gasteiger partial charge in [0.15, 0.2) is 5.78 Å². The SMILES string of the molecule is CC(=O)c1cc(C)c2nc(C)[nH]c2c1. The van der Waals surface area contributed by atoms with Crippen LogP contribution in [0.2, 0.25) is 0 Å². The van der Waals surface area contributed by atoms with Gasteiger partial charge < -0.3 is 4.98 Å². The Kier molecular flexibility index (Phi) is 1.88. The van der Waals surface area contributed by atoms with Crippen molar-refractivity contribution in [2.75, 3.05) is 0 Å². The molecule has 0 saturated heterocycles. The number of nitrogens with zero attached hydrogens (tertiary/aromatic N) is 1. The lowest BCUT2D eigenvalue weighted by Crippen LogP contribution is -1.92. The number of hydrogen-bond acceptors (Lipinski definition) is 2. The largest absolute Gasteiger partial charge is 0.342 e. The molecule has 0 spiro atoms. The molecule has 2 rings (SSSR count). The van der Waals surface area contributed by atoms with Gasteiger partial charge in [0.05, 0.1) is 11.0 Å². The van der Waals surface area contributed by atoms with E-state index in [0.29, 0.717) is 0 Å². The highest BCUT2D eigenvalue weighted by Gasteiger charge is 2.07. The van der Waals surface area contributed by atoms with E-state index in [1.807, 2.05) is 26.0 Å². The maximum absolute atomic E-state index is 11.2. The van der Waals surface area contributed by atoms with Gasteiger partial charge in [-0.2, -0.15) is 0 Å². The van der Waals surface area contributed by atoms with Gasteiger partial charge in [0.2, 0.25) is 0 Å². The van der Waals surface area contributed by atoms with Gasteiger partial charge >= 0.3 is 0 Å². The number of nitrogens with one attached hydrogen (secondary N) is 1. The minimum absolute atomic E-state index is 0.0854. The third kappa shape index (κ3) is 1.31. The van der Waals surface area contributed by atoms with Crippen LogP contribution in [0.15, 0.2) is 12.1 Å². The van der Waals surface area contributed by atoms with Gasteiger partial charge in [-0.05, 0) is 38.5 Å². The van der Waals surface area contributed by atoms with Gasteiger partial charge in [-0.1, -0.05) is 0 Å². The van der Waals surface area contributed by atoms with Crippen molar-refractivity contribution >= 4 is 16.8 Å². The van der Waals surface area contributed by atoms with Crippen LogP contribution in [0.1, 0.15) is 28.7 Å². The number of fused-ring (bicyclic) bond motifs is 1. The van der Waals surface area contributed by atoms with Crippen molar-refractivity contribution in [3.63, 3.8) is 0 Å². The monoisotopic (exact) mass is 188 g/mol. The predicted octanol–water partition coefficient (Wildman–Crippen LogP) is 2.38. The van der Waals surface area contributed by atoms with E-state index in [0.717, 1.165) is 28.0 Å². The fourth-order valence-electron chi connectivity index (χ4n) is 1.62. The second kappa shape index (κ2) is 2.94. The van der Waals surface area contributed by atoms with Crippen LogP contribution in [0.5, 0.6) is 0 Å². The Hall–Kier alpha value is -1.64. The number of Topliss-reactive ketones (excluding diaryl/α,β-unsaturated/α-hetero) is 1. The van der Waals surface area contributed by atoms with Crippen molar-refractivity contribution in [3.05, 3.63) is 29.1 Å². The van der Waals surface area contributed by atoms with Gasteiger partial charge in [-0.25, -0.2) is 4.98 Å². The van der Waals surface area contributed by atoms with Gasteiger partial charge in [0.25, 0.3) is 0 Å². The molecule has 0 fully saturated rings. The molecule has 0 aliphatic carbocycles. The number of aromatic nitrogens is 2. The Bertz CT molecular complexity index is 511. The molecule has 0 aliphatic heterocycles. The zero-order valence-corrected chi connectivity index (χ0v) is 8.51. The zero-order valence-electron chi connectivity index (χ0n) is 8.51. The van der Waals surface area contributed by atoms with E-state index in [4.69, 9.17) is 0 Å². The number of carbonyl (C=O) groups is 1. The molecule has 0 saturated carbocycles. The lowest BCUT2D eigenvalue weighted by molar-refractivity contribution is 0.101. The Morgan fingerprint density at radius 1 is 1.36 bits per heavy atom. The molecule has 0 atom stereocenters. The molecule has 0 unspecified atom stereocenters. The lowest BCUT2D eigenvalue weighted by Gasteiger charge is -1.98. The average molecular weight is 188 g/mol. The Morgan fingerprint density at radius 2 is 2.07 bits per heavy atom. The summed E-state index contributed by atoms with van der Waals surface area (Å²) in [7, 11) is 0. The molecule has 1 heterocycles. The highest BCUT2D eigenvalue weighted by atomic mass is 16.1. The van der Waals surface area contributed by atoms with Gasteiger partial charge in [0, 0.05) is 5.56 Å². The molecule has 2 aromatic rings. The summed E-state index contributed by atoms with van der Waals surface area (Å²) in [5.74, 6) is 0.964. The molecule has 1 N–H and O–H groups in total. The Labute approximate surface area is 82.2 Å². The minimum Gasteiger partial charge on any atom is -0.342 e. The molecule has 0 amide bonds. The zero-order chi connectivity index (χ0) is 10.3. The number of aryl methyl sites for hydroxylation is 2. The molecule has 3 nitrogen and oxygen atoms in total. The smallest absolute Gasteiger partial charge is 0.159 e. The summed E-state index contributed by atoms with van der Waals surface area (Å²) in [6, 6.07) is 3.73. The van der Waals surface area contributed by atoms with Crippen LogP contribution >= 0.6 is 0 Å². The summed E-state index contributed by atoms with van der Waals surface area (Å²) in [6.45, 7) is 5.45. The third-order valence-corrected chi connectivity index (χ3v) is 2.30. The maximum Gasteiger partial charge on any atom is 0.159 e. The first-order valence-corrected chi connectivity index (χ1v) is 4.56. The first-order valence-electron chi connectivity index (χ1n) is 4.56. The molecule has 1 aromatic heterocycles. The van der Waals surface area contributed by atoms with E-state index in [2.05, 4.69) is 9.97 Å². The summed E-state index contributed by atoms with van der Waals surface area (Å²) >= 11 is 0. The van der Waals surface area contributed by atoms with E-state index >= 15 is 0 Å². The number of H-pyrrole nitrogens is 1. The molecule has 3 heteroatoms.